The fourth-order valence-electron chi connectivity index (χ4n) is 1.04. The van der Waals surface area contributed by atoms with E-state index in [1.807, 2.05) is 0 Å². The van der Waals surface area contributed by atoms with E-state index in [1.165, 1.54) is 12.1 Å². The molecule has 0 bridgehead atoms. The fraction of sp³-hybridized carbons (Fsp3) is 0.222. The maximum Gasteiger partial charge on any atom is 0.251 e. The fourth-order valence-corrected chi connectivity index (χ4v) is 1.04. The number of hydrogen-bond donors (Lipinski definition) is 2. The molecule has 0 radical (unpaired) electrons. The van der Waals surface area contributed by atoms with E-state index in [0.29, 0.717) is 12.0 Å². The Morgan fingerprint density at radius 3 is 2.69 bits per heavy atom. The maximum absolute atomic E-state index is 13.0. The molecule has 3 N–H and O–H groups in total. The standard InChI is InChI=1S/C9H10FNO2/c10-8-5-6(3-4-12)1-2-7(8)9(11)13/h1-2,5,12H,3-4H2,(H2,11,13). The normalized spacial score (nSPS) is 10.0. The van der Waals surface area contributed by atoms with E-state index >= 15 is 0 Å². The number of carbonyl (C=O) groups excluding carboxylic acids is 1. The smallest absolute Gasteiger partial charge is 0.251 e. The third kappa shape index (κ3) is 2.26. The first kappa shape index (κ1) is 9.67. The maximum atomic E-state index is 13.0. The average Bonchev–Trinajstić information content (AvgIpc) is 2.04. The van der Waals surface area contributed by atoms with Gasteiger partial charge in [-0.25, -0.2) is 4.39 Å². The van der Waals surface area contributed by atoms with Gasteiger partial charge < -0.3 is 10.8 Å². The molecule has 4 heteroatoms. The van der Waals surface area contributed by atoms with Crippen LogP contribution in [0.2, 0.25) is 0 Å². The van der Waals surface area contributed by atoms with Crippen molar-refractivity contribution >= 4 is 5.91 Å². The summed E-state index contributed by atoms with van der Waals surface area (Å²) in [7, 11) is 0. The summed E-state index contributed by atoms with van der Waals surface area (Å²) in [4.78, 5) is 10.6. The minimum atomic E-state index is -0.784. The van der Waals surface area contributed by atoms with Crippen molar-refractivity contribution < 1.29 is 14.3 Å². The van der Waals surface area contributed by atoms with Gasteiger partial charge in [-0.1, -0.05) is 6.07 Å². The molecule has 0 aliphatic carbocycles. The van der Waals surface area contributed by atoms with Crippen LogP contribution in [0.4, 0.5) is 4.39 Å². The number of hydrogen-bond acceptors (Lipinski definition) is 2. The quantitative estimate of drug-likeness (QED) is 0.715. The van der Waals surface area contributed by atoms with E-state index < -0.39 is 11.7 Å². The summed E-state index contributed by atoms with van der Waals surface area (Å²) in [5.74, 6) is -1.42. The molecular formula is C9H10FNO2. The molecule has 1 aromatic carbocycles. The Labute approximate surface area is 75.0 Å². The number of primary amides is 1. The van der Waals surface area contributed by atoms with Crippen molar-refractivity contribution in [3.05, 3.63) is 35.1 Å². The molecule has 13 heavy (non-hydrogen) atoms. The van der Waals surface area contributed by atoms with Crippen molar-refractivity contribution in [3.8, 4) is 0 Å². The van der Waals surface area contributed by atoms with Gasteiger partial charge in [0.05, 0.1) is 5.56 Å². The third-order valence-corrected chi connectivity index (χ3v) is 1.70. The van der Waals surface area contributed by atoms with Crippen LogP contribution in [0.1, 0.15) is 15.9 Å². The first-order chi connectivity index (χ1) is 6.15. The number of halogens is 1. The van der Waals surface area contributed by atoms with Crippen LogP contribution in [0.15, 0.2) is 18.2 Å². The molecule has 3 nitrogen and oxygen atoms in total. The first-order valence-electron chi connectivity index (χ1n) is 3.84. The second kappa shape index (κ2) is 4.00. The zero-order chi connectivity index (χ0) is 9.84. The van der Waals surface area contributed by atoms with Crippen LogP contribution in [0.3, 0.4) is 0 Å². The van der Waals surface area contributed by atoms with Crippen LogP contribution in [0, 0.1) is 5.82 Å². The topological polar surface area (TPSA) is 63.3 Å². The summed E-state index contributed by atoms with van der Waals surface area (Å²) in [5, 5.41) is 8.57. The van der Waals surface area contributed by atoms with Crippen LogP contribution in [-0.4, -0.2) is 17.6 Å². The lowest BCUT2D eigenvalue weighted by molar-refractivity contribution is 0.0996. The zero-order valence-electron chi connectivity index (χ0n) is 6.96. The van der Waals surface area contributed by atoms with Crippen LogP contribution in [-0.2, 0) is 6.42 Å². The van der Waals surface area contributed by atoms with Crippen LogP contribution >= 0.6 is 0 Å². The van der Waals surface area contributed by atoms with Crippen molar-refractivity contribution in [2.45, 2.75) is 6.42 Å². The van der Waals surface area contributed by atoms with Crippen molar-refractivity contribution in [1.82, 2.24) is 0 Å². The average molecular weight is 183 g/mol. The Bertz CT molecular complexity index is 325. The first-order valence-corrected chi connectivity index (χ1v) is 3.84. The summed E-state index contributed by atoms with van der Waals surface area (Å²) in [5.41, 5.74) is 5.43. The largest absolute Gasteiger partial charge is 0.396 e. The van der Waals surface area contributed by atoms with Gasteiger partial charge >= 0.3 is 0 Å². The van der Waals surface area contributed by atoms with E-state index in [9.17, 15) is 9.18 Å². The number of rotatable bonds is 3. The molecule has 0 saturated carbocycles. The number of benzene rings is 1. The van der Waals surface area contributed by atoms with Crippen molar-refractivity contribution in [2.24, 2.45) is 5.73 Å². The van der Waals surface area contributed by atoms with E-state index in [1.54, 1.807) is 6.07 Å². The Hall–Kier alpha value is -1.42. The van der Waals surface area contributed by atoms with E-state index in [2.05, 4.69) is 0 Å². The minimum absolute atomic E-state index is 0.0463. The molecule has 0 unspecified atom stereocenters. The Morgan fingerprint density at radius 2 is 2.23 bits per heavy atom. The van der Waals surface area contributed by atoms with Crippen LogP contribution < -0.4 is 5.73 Å². The summed E-state index contributed by atoms with van der Waals surface area (Å²) in [6.07, 6.45) is 0.371. The molecule has 0 heterocycles. The van der Waals surface area contributed by atoms with Gasteiger partial charge in [-0.3, -0.25) is 4.79 Å². The molecule has 0 aliphatic heterocycles. The number of aliphatic hydroxyl groups is 1. The predicted molar refractivity (Wildman–Crippen MR) is 45.7 cm³/mol. The molecule has 0 fully saturated rings. The Balaban J connectivity index is 2.98. The van der Waals surface area contributed by atoms with Gasteiger partial charge in [-0.05, 0) is 24.1 Å². The summed E-state index contributed by atoms with van der Waals surface area (Å²) in [6, 6.07) is 4.10. The Kier molecular flexibility index (Phi) is 2.97. The molecule has 0 atom stereocenters. The highest BCUT2D eigenvalue weighted by atomic mass is 19.1. The third-order valence-electron chi connectivity index (χ3n) is 1.70. The lowest BCUT2D eigenvalue weighted by Crippen LogP contribution is -2.13. The van der Waals surface area contributed by atoms with Crippen molar-refractivity contribution in [1.29, 1.82) is 0 Å². The van der Waals surface area contributed by atoms with Gasteiger partial charge in [-0.2, -0.15) is 0 Å². The number of nitrogens with two attached hydrogens (primary N) is 1. The second-order valence-electron chi connectivity index (χ2n) is 2.65. The van der Waals surface area contributed by atoms with Gasteiger partial charge in [0, 0.05) is 6.61 Å². The van der Waals surface area contributed by atoms with Crippen LogP contribution in [0.25, 0.3) is 0 Å². The number of amides is 1. The van der Waals surface area contributed by atoms with Gasteiger partial charge in [-0.15, -0.1) is 0 Å². The second-order valence-corrected chi connectivity index (χ2v) is 2.65. The minimum Gasteiger partial charge on any atom is -0.396 e. The predicted octanol–water partition coefficient (Wildman–Crippen LogP) is 0.459. The molecule has 0 aliphatic rings. The van der Waals surface area contributed by atoms with Gasteiger partial charge in [0.25, 0.3) is 5.91 Å². The van der Waals surface area contributed by atoms with Gasteiger partial charge in [0.15, 0.2) is 0 Å². The molecule has 1 aromatic rings. The van der Waals surface area contributed by atoms with Crippen molar-refractivity contribution in [3.63, 3.8) is 0 Å². The lowest BCUT2D eigenvalue weighted by Gasteiger charge is -2.01. The number of carbonyl (C=O) groups is 1. The summed E-state index contributed by atoms with van der Waals surface area (Å²) < 4.78 is 13.0. The molecule has 70 valence electrons. The zero-order valence-corrected chi connectivity index (χ0v) is 6.96. The highest BCUT2D eigenvalue weighted by molar-refractivity contribution is 5.93. The SMILES string of the molecule is NC(=O)c1ccc(CCO)cc1F. The molecule has 0 spiro atoms. The monoisotopic (exact) mass is 183 g/mol. The molecule has 1 amide bonds. The van der Waals surface area contributed by atoms with Gasteiger partial charge in [0.1, 0.15) is 5.82 Å². The molecular weight excluding hydrogens is 173 g/mol. The molecule has 1 rings (SSSR count). The van der Waals surface area contributed by atoms with Gasteiger partial charge in [0.2, 0.25) is 0 Å². The Morgan fingerprint density at radius 1 is 1.54 bits per heavy atom. The highest BCUT2D eigenvalue weighted by Gasteiger charge is 2.07. The summed E-state index contributed by atoms with van der Waals surface area (Å²) in [6.45, 7) is -0.0463. The number of aliphatic hydroxyl groups excluding tert-OH is 1. The molecule has 0 saturated heterocycles. The van der Waals surface area contributed by atoms with E-state index in [-0.39, 0.29) is 12.2 Å². The summed E-state index contributed by atoms with van der Waals surface area (Å²) >= 11 is 0. The van der Waals surface area contributed by atoms with Crippen molar-refractivity contribution in [2.75, 3.05) is 6.61 Å². The van der Waals surface area contributed by atoms with Crippen LogP contribution in [0.5, 0.6) is 0 Å². The lowest BCUT2D eigenvalue weighted by atomic mass is 10.1. The van der Waals surface area contributed by atoms with E-state index in [0.717, 1.165) is 0 Å². The molecule has 0 aromatic heterocycles. The van der Waals surface area contributed by atoms with E-state index in [4.69, 9.17) is 10.8 Å². The highest BCUT2D eigenvalue weighted by Crippen LogP contribution is 2.10.